The number of nitrogens with one attached hydrogen (secondary N) is 1. The zero-order valence-corrected chi connectivity index (χ0v) is 14.2. The van der Waals surface area contributed by atoms with Crippen LogP contribution in [0.5, 0.6) is 0 Å². The number of pyridine rings is 1. The van der Waals surface area contributed by atoms with Gasteiger partial charge < -0.3 is 10.2 Å². The van der Waals surface area contributed by atoms with E-state index in [9.17, 15) is 14.9 Å². The topological polar surface area (TPSA) is 106 Å². The highest BCUT2D eigenvalue weighted by atomic mass is 16.6. The fourth-order valence-corrected chi connectivity index (χ4v) is 3.12. The standard InChI is InChI=1S/C16H20N6O3/c1-11-14(22(24)25)15(20(2)19-11)18-13-5-9-21(10-6-13)16(23)12-3-7-17-8-4-12/h3-4,7-8,13,18H,5-6,9-10H2,1-2H3. The van der Waals surface area contributed by atoms with E-state index in [1.54, 1.807) is 43.4 Å². The van der Waals surface area contributed by atoms with Gasteiger partial charge in [-0.3, -0.25) is 19.9 Å². The molecule has 1 saturated heterocycles. The third-order valence-electron chi connectivity index (χ3n) is 4.42. The van der Waals surface area contributed by atoms with Gasteiger partial charge in [0, 0.05) is 44.1 Å². The molecule has 132 valence electrons. The molecule has 1 N–H and O–H groups in total. The zero-order chi connectivity index (χ0) is 18.0. The SMILES string of the molecule is Cc1nn(C)c(NC2CCN(C(=O)c3ccncc3)CC2)c1[N+](=O)[O-]. The molecule has 0 atom stereocenters. The van der Waals surface area contributed by atoms with Crippen molar-refractivity contribution in [1.29, 1.82) is 0 Å². The summed E-state index contributed by atoms with van der Waals surface area (Å²) in [6.07, 6.45) is 4.65. The minimum Gasteiger partial charge on any atom is -0.362 e. The number of rotatable bonds is 4. The molecule has 1 aliphatic heterocycles. The lowest BCUT2D eigenvalue weighted by atomic mass is 10.0. The largest absolute Gasteiger partial charge is 0.362 e. The van der Waals surface area contributed by atoms with Crippen LogP contribution in [0.15, 0.2) is 24.5 Å². The highest BCUT2D eigenvalue weighted by molar-refractivity contribution is 5.94. The molecule has 0 spiro atoms. The van der Waals surface area contributed by atoms with E-state index in [-0.39, 0.29) is 17.6 Å². The molecule has 2 aromatic heterocycles. The van der Waals surface area contributed by atoms with Gasteiger partial charge in [0.1, 0.15) is 5.69 Å². The number of carbonyl (C=O) groups excluding carboxylic acids is 1. The van der Waals surface area contributed by atoms with E-state index in [0.29, 0.717) is 30.2 Å². The third kappa shape index (κ3) is 3.44. The molecule has 0 saturated carbocycles. The molecule has 2 aromatic rings. The molecular formula is C16H20N6O3. The van der Waals surface area contributed by atoms with E-state index < -0.39 is 4.92 Å². The van der Waals surface area contributed by atoms with Gasteiger partial charge in [0.05, 0.1) is 4.92 Å². The Labute approximate surface area is 144 Å². The van der Waals surface area contributed by atoms with Crippen molar-refractivity contribution in [1.82, 2.24) is 19.7 Å². The van der Waals surface area contributed by atoms with Crippen LogP contribution in [-0.2, 0) is 7.05 Å². The van der Waals surface area contributed by atoms with Crippen molar-refractivity contribution in [3.05, 3.63) is 45.9 Å². The first kappa shape index (κ1) is 16.9. The van der Waals surface area contributed by atoms with Crippen LogP contribution in [0.2, 0.25) is 0 Å². The fourth-order valence-electron chi connectivity index (χ4n) is 3.12. The molecule has 9 heteroatoms. The Bertz CT molecular complexity index is 781. The molecule has 0 radical (unpaired) electrons. The molecule has 0 aliphatic carbocycles. The van der Waals surface area contributed by atoms with Crippen LogP contribution in [0, 0.1) is 17.0 Å². The number of aryl methyl sites for hydroxylation is 2. The summed E-state index contributed by atoms with van der Waals surface area (Å²) >= 11 is 0. The minimum absolute atomic E-state index is 0.0109. The number of nitro groups is 1. The van der Waals surface area contributed by atoms with Crippen molar-refractivity contribution in [3.8, 4) is 0 Å². The van der Waals surface area contributed by atoms with Crippen molar-refractivity contribution in [2.75, 3.05) is 18.4 Å². The molecule has 25 heavy (non-hydrogen) atoms. The highest BCUT2D eigenvalue weighted by Crippen LogP contribution is 2.29. The van der Waals surface area contributed by atoms with E-state index in [1.165, 1.54) is 4.68 Å². The maximum Gasteiger partial charge on any atom is 0.333 e. The number of likely N-dealkylation sites (tertiary alicyclic amines) is 1. The summed E-state index contributed by atoms with van der Waals surface area (Å²) in [5, 5.41) is 18.6. The fraction of sp³-hybridized carbons (Fsp3) is 0.438. The number of carbonyl (C=O) groups is 1. The van der Waals surface area contributed by atoms with E-state index in [0.717, 1.165) is 12.8 Å². The van der Waals surface area contributed by atoms with Crippen molar-refractivity contribution < 1.29 is 9.72 Å². The van der Waals surface area contributed by atoms with E-state index in [1.807, 2.05) is 0 Å². The monoisotopic (exact) mass is 344 g/mol. The van der Waals surface area contributed by atoms with Crippen LogP contribution in [0.3, 0.4) is 0 Å². The van der Waals surface area contributed by atoms with E-state index in [2.05, 4.69) is 15.4 Å². The second-order valence-electron chi connectivity index (χ2n) is 6.11. The summed E-state index contributed by atoms with van der Waals surface area (Å²) < 4.78 is 1.50. The molecule has 3 rings (SSSR count). The molecule has 1 fully saturated rings. The van der Waals surface area contributed by atoms with Gasteiger partial charge in [0.25, 0.3) is 5.91 Å². The quantitative estimate of drug-likeness (QED) is 0.669. The average molecular weight is 344 g/mol. The predicted molar refractivity (Wildman–Crippen MR) is 91.4 cm³/mol. The Morgan fingerprint density at radius 3 is 2.56 bits per heavy atom. The molecule has 0 aromatic carbocycles. The number of anilines is 1. The first-order chi connectivity index (χ1) is 12.0. The van der Waals surface area contributed by atoms with Gasteiger partial charge in [-0.1, -0.05) is 0 Å². The number of nitrogens with zero attached hydrogens (tertiary/aromatic N) is 5. The first-order valence-electron chi connectivity index (χ1n) is 8.11. The zero-order valence-electron chi connectivity index (χ0n) is 14.2. The number of piperidine rings is 1. The molecule has 1 aliphatic rings. The van der Waals surface area contributed by atoms with Gasteiger partial charge in [0.15, 0.2) is 0 Å². The van der Waals surface area contributed by atoms with Gasteiger partial charge in [-0.25, -0.2) is 4.68 Å². The van der Waals surface area contributed by atoms with Crippen molar-refractivity contribution in [2.24, 2.45) is 7.05 Å². The van der Waals surface area contributed by atoms with Gasteiger partial charge >= 0.3 is 5.69 Å². The van der Waals surface area contributed by atoms with Crippen LogP contribution >= 0.6 is 0 Å². The molecule has 0 bridgehead atoms. The van der Waals surface area contributed by atoms with Gasteiger partial charge in [-0.05, 0) is 31.9 Å². The maximum absolute atomic E-state index is 12.4. The Morgan fingerprint density at radius 1 is 1.32 bits per heavy atom. The summed E-state index contributed by atoms with van der Waals surface area (Å²) in [6, 6.07) is 3.47. The lowest BCUT2D eigenvalue weighted by molar-refractivity contribution is -0.384. The number of aromatic nitrogens is 3. The molecule has 1 amide bonds. The Balaban J connectivity index is 1.64. The van der Waals surface area contributed by atoms with Gasteiger partial charge in [-0.2, -0.15) is 5.10 Å². The van der Waals surface area contributed by atoms with Crippen molar-refractivity contribution in [3.63, 3.8) is 0 Å². The van der Waals surface area contributed by atoms with Crippen LogP contribution in [0.25, 0.3) is 0 Å². The Hall–Kier alpha value is -2.97. The molecule has 9 nitrogen and oxygen atoms in total. The second kappa shape index (κ2) is 6.88. The van der Waals surface area contributed by atoms with Crippen LogP contribution in [-0.4, -0.2) is 49.6 Å². The van der Waals surface area contributed by atoms with Crippen molar-refractivity contribution in [2.45, 2.75) is 25.8 Å². The normalized spacial score (nSPS) is 15.2. The lowest BCUT2D eigenvalue weighted by Crippen LogP contribution is -2.42. The lowest BCUT2D eigenvalue weighted by Gasteiger charge is -2.32. The first-order valence-corrected chi connectivity index (χ1v) is 8.11. The number of amides is 1. The van der Waals surface area contributed by atoms with Gasteiger partial charge in [0.2, 0.25) is 5.82 Å². The third-order valence-corrected chi connectivity index (χ3v) is 4.42. The predicted octanol–water partition coefficient (Wildman–Crippen LogP) is 1.75. The van der Waals surface area contributed by atoms with Crippen molar-refractivity contribution >= 4 is 17.4 Å². The number of hydrogen-bond donors (Lipinski definition) is 1. The Kier molecular flexibility index (Phi) is 4.64. The number of hydrogen-bond acceptors (Lipinski definition) is 6. The summed E-state index contributed by atoms with van der Waals surface area (Å²) in [5.41, 5.74) is 1.03. The second-order valence-corrected chi connectivity index (χ2v) is 6.11. The van der Waals surface area contributed by atoms with Crippen LogP contribution < -0.4 is 5.32 Å². The summed E-state index contributed by atoms with van der Waals surface area (Å²) in [4.78, 5) is 29.0. The molecular weight excluding hydrogens is 324 g/mol. The van der Waals surface area contributed by atoms with Crippen LogP contribution in [0.4, 0.5) is 11.5 Å². The van der Waals surface area contributed by atoms with Gasteiger partial charge in [-0.15, -0.1) is 0 Å². The highest BCUT2D eigenvalue weighted by Gasteiger charge is 2.29. The maximum atomic E-state index is 12.4. The minimum atomic E-state index is -0.410. The van der Waals surface area contributed by atoms with Crippen LogP contribution in [0.1, 0.15) is 28.9 Å². The van der Waals surface area contributed by atoms with E-state index in [4.69, 9.17) is 0 Å². The molecule has 0 unspecified atom stereocenters. The Morgan fingerprint density at radius 2 is 1.96 bits per heavy atom. The summed E-state index contributed by atoms with van der Waals surface area (Å²) in [5.74, 6) is 0.407. The smallest absolute Gasteiger partial charge is 0.333 e. The summed E-state index contributed by atoms with van der Waals surface area (Å²) in [7, 11) is 1.68. The van der Waals surface area contributed by atoms with E-state index >= 15 is 0 Å². The summed E-state index contributed by atoms with van der Waals surface area (Å²) in [6.45, 7) is 2.83. The molecule has 3 heterocycles. The average Bonchev–Trinajstić information content (AvgIpc) is 2.89.